The Morgan fingerprint density at radius 2 is 2.00 bits per heavy atom. The predicted octanol–water partition coefficient (Wildman–Crippen LogP) is 2.84. The lowest BCUT2D eigenvalue weighted by Crippen LogP contribution is -2.17. The smallest absolute Gasteiger partial charge is 0.371 e. The fourth-order valence-electron chi connectivity index (χ4n) is 1.85. The number of nitrogens with one attached hydrogen (secondary N) is 1. The number of carbonyl (C=O) groups is 1. The van der Waals surface area contributed by atoms with E-state index in [1.807, 2.05) is 31.2 Å². The molecule has 20 heavy (non-hydrogen) atoms. The van der Waals surface area contributed by atoms with Gasteiger partial charge in [-0.25, -0.2) is 4.79 Å². The van der Waals surface area contributed by atoms with Gasteiger partial charge in [-0.1, -0.05) is 12.1 Å². The highest BCUT2D eigenvalue weighted by Crippen LogP contribution is 2.18. The van der Waals surface area contributed by atoms with Gasteiger partial charge in [0.25, 0.3) is 0 Å². The molecular weight excluding hydrogens is 258 g/mol. The fraction of sp³-hybridized carbons (Fsp3) is 0.267. The first-order valence-electron chi connectivity index (χ1n) is 6.29. The summed E-state index contributed by atoms with van der Waals surface area (Å²) in [5.74, 6) is 0.319. The highest BCUT2D eigenvalue weighted by atomic mass is 16.5. The summed E-state index contributed by atoms with van der Waals surface area (Å²) < 4.78 is 10.3. The first-order valence-corrected chi connectivity index (χ1v) is 6.29. The molecule has 2 N–H and O–H groups in total. The number of carboxylic acids is 1. The first-order chi connectivity index (χ1) is 9.60. The summed E-state index contributed by atoms with van der Waals surface area (Å²) in [6.45, 7) is 2.50. The number of rotatable bonds is 6. The van der Waals surface area contributed by atoms with Crippen LogP contribution in [0.25, 0.3) is 0 Å². The van der Waals surface area contributed by atoms with Crippen molar-refractivity contribution in [2.45, 2.75) is 19.5 Å². The van der Waals surface area contributed by atoms with Crippen molar-refractivity contribution in [2.75, 3.05) is 7.11 Å². The molecule has 0 aliphatic carbocycles. The van der Waals surface area contributed by atoms with Gasteiger partial charge in [-0.15, -0.1) is 0 Å². The maximum absolute atomic E-state index is 10.7. The molecule has 1 heterocycles. The molecule has 0 saturated heterocycles. The SMILES string of the molecule is COc1ccc([C@@H](C)NCc2ccc(C(=O)O)o2)cc1. The van der Waals surface area contributed by atoms with E-state index in [2.05, 4.69) is 5.32 Å². The molecule has 0 fully saturated rings. The Hall–Kier alpha value is -2.27. The van der Waals surface area contributed by atoms with E-state index in [4.69, 9.17) is 14.3 Å². The van der Waals surface area contributed by atoms with E-state index in [9.17, 15) is 4.79 Å². The van der Waals surface area contributed by atoms with Crippen LogP contribution in [-0.4, -0.2) is 18.2 Å². The van der Waals surface area contributed by atoms with Crippen molar-refractivity contribution >= 4 is 5.97 Å². The van der Waals surface area contributed by atoms with Crippen LogP contribution >= 0.6 is 0 Å². The summed E-state index contributed by atoms with van der Waals surface area (Å²) in [7, 11) is 1.63. The van der Waals surface area contributed by atoms with Crippen LogP contribution in [0.3, 0.4) is 0 Å². The summed E-state index contributed by atoms with van der Waals surface area (Å²) in [5, 5.41) is 12.1. The third kappa shape index (κ3) is 3.39. The summed E-state index contributed by atoms with van der Waals surface area (Å²) in [6, 6.07) is 11.0. The van der Waals surface area contributed by atoms with Crippen LogP contribution in [-0.2, 0) is 6.54 Å². The van der Waals surface area contributed by atoms with Crippen molar-refractivity contribution in [1.82, 2.24) is 5.32 Å². The molecule has 0 aliphatic heterocycles. The van der Waals surface area contributed by atoms with Crippen molar-refractivity contribution in [1.29, 1.82) is 0 Å². The van der Waals surface area contributed by atoms with Gasteiger partial charge in [0, 0.05) is 6.04 Å². The quantitative estimate of drug-likeness (QED) is 0.848. The number of benzene rings is 1. The molecule has 0 aliphatic rings. The zero-order valence-corrected chi connectivity index (χ0v) is 11.4. The first kappa shape index (κ1) is 14.1. The Morgan fingerprint density at radius 1 is 1.30 bits per heavy atom. The number of hydrogen-bond donors (Lipinski definition) is 2. The van der Waals surface area contributed by atoms with Crippen LogP contribution in [0.2, 0.25) is 0 Å². The monoisotopic (exact) mass is 275 g/mol. The van der Waals surface area contributed by atoms with Gasteiger partial charge in [-0.3, -0.25) is 0 Å². The van der Waals surface area contributed by atoms with Crippen LogP contribution in [0.15, 0.2) is 40.8 Å². The van der Waals surface area contributed by atoms with Crippen LogP contribution in [0.4, 0.5) is 0 Å². The molecule has 0 spiro atoms. The summed E-state index contributed by atoms with van der Waals surface area (Å²) in [5.41, 5.74) is 1.12. The van der Waals surface area contributed by atoms with Crippen molar-refractivity contribution in [3.8, 4) is 5.75 Å². The standard InChI is InChI=1S/C15H17NO4/c1-10(11-3-5-12(19-2)6-4-11)16-9-13-7-8-14(20-13)15(17)18/h3-8,10,16H,9H2,1-2H3,(H,17,18)/t10-/m1/s1. The average molecular weight is 275 g/mol. The van der Waals surface area contributed by atoms with Gasteiger partial charge in [0.2, 0.25) is 5.76 Å². The molecule has 0 saturated carbocycles. The third-order valence-electron chi connectivity index (χ3n) is 3.07. The zero-order valence-electron chi connectivity index (χ0n) is 11.4. The maximum Gasteiger partial charge on any atom is 0.371 e. The second-order valence-electron chi connectivity index (χ2n) is 4.45. The van der Waals surface area contributed by atoms with Crippen LogP contribution in [0.5, 0.6) is 5.75 Å². The highest BCUT2D eigenvalue weighted by Gasteiger charge is 2.10. The van der Waals surface area contributed by atoms with Gasteiger partial charge in [-0.2, -0.15) is 0 Å². The molecule has 5 nitrogen and oxygen atoms in total. The van der Waals surface area contributed by atoms with E-state index >= 15 is 0 Å². The lowest BCUT2D eigenvalue weighted by atomic mass is 10.1. The van der Waals surface area contributed by atoms with Gasteiger partial charge in [-0.05, 0) is 36.8 Å². The second-order valence-corrected chi connectivity index (χ2v) is 4.45. The molecule has 1 atom stereocenters. The number of furan rings is 1. The fourth-order valence-corrected chi connectivity index (χ4v) is 1.85. The normalized spacial score (nSPS) is 12.1. The minimum Gasteiger partial charge on any atom is -0.497 e. The third-order valence-corrected chi connectivity index (χ3v) is 3.07. The molecule has 2 rings (SSSR count). The van der Waals surface area contributed by atoms with E-state index in [0.29, 0.717) is 12.3 Å². The molecule has 0 amide bonds. The Bertz CT molecular complexity index is 574. The van der Waals surface area contributed by atoms with Crippen molar-refractivity contribution in [2.24, 2.45) is 0 Å². The lowest BCUT2D eigenvalue weighted by Gasteiger charge is -2.13. The van der Waals surface area contributed by atoms with Crippen molar-refractivity contribution in [3.63, 3.8) is 0 Å². The number of aromatic carboxylic acids is 1. The van der Waals surface area contributed by atoms with Gasteiger partial charge >= 0.3 is 5.97 Å². The van der Waals surface area contributed by atoms with E-state index < -0.39 is 5.97 Å². The van der Waals surface area contributed by atoms with Gasteiger partial charge in [0.1, 0.15) is 11.5 Å². The van der Waals surface area contributed by atoms with E-state index in [-0.39, 0.29) is 11.8 Å². The number of methoxy groups -OCH3 is 1. The average Bonchev–Trinajstić information content (AvgIpc) is 2.94. The summed E-state index contributed by atoms with van der Waals surface area (Å²) in [6.07, 6.45) is 0. The Morgan fingerprint density at radius 3 is 2.55 bits per heavy atom. The Kier molecular flexibility index (Phi) is 4.42. The van der Waals surface area contributed by atoms with Crippen molar-refractivity contribution in [3.05, 3.63) is 53.5 Å². The summed E-state index contributed by atoms with van der Waals surface area (Å²) >= 11 is 0. The van der Waals surface area contributed by atoms with Crippen LogP contribution < -0.4 is 10.1 Å². The number of ether oxygens (including phenoxy) is 1. The van der Waals surface area contributed by atoms with Gasteiger partial charge in [0.05, 0.1) is 13.7 Å². The van der Waals surface area contributed by atoms with E-state index in [0.717, 1.165) is 11.3 Å². The number of carboxylic acid groups (broad SMARTS) is 1. The maximum atomic E-state index is 10.7. The van der Waals surface area contributed by atoms with Gasteiger partial charge < -0.3 is 19.6 Å². The molecule has 0 bridgehead atoms. The molecule has 106 valence electrons. The summed E-state index contributed by atoms with van der Waals surface area (Å²) in [4.78, 5) is 10.7. The van der Waals surface area contributed by atoms with E-state index in [1.54, 1.807) is 13.2 Å². The molecular formula is C15H17NO4. The van der Waals surface area contributed by atoms with Crippen molar-refractivity contribution < 1.29 is 19.1 Å². The Labute approximate surface area is 117 Å². The molecule has 5 heteroatoms. The minimum atomic E-state index is -1.06. The Balaban J connectivity index is 1.93. The number of hydrogen-bond acceptors (Lipinski definition) is 4. The molecule has 2 aromatic rings. The molecule has 1 aromatic carbocycles. The lowest BCUT2D eigenvalue weighted by molar-refractivity contribution is 0.0660. The van der Waals surface area contributed by atoms with Crippen LogP contribution in [0, 0.1) is 0 Å². The zero-order chi connectivity index (χ0) is 14.5. The van der Waals surface area contributed by atoms with E-state index in [1.165, 1.54) is 6.07 Å². The molecule has 0 unspecified atom stereocenters. The topological polar surface area (TPSA) is 71.7 Å². The molecule has 0 radical (unpaired) electrons. The largest absolute Gasteiger partial charge is 0.497 e. The van der Waals surface area contributed by atoms with Gasteiger partial charge in [0.15, 0.2) is 0 Å². The highest BCUT2D eigenvalue weighted by molar-refractivity contribution is 5.84. The van der Waals surface area contributed by atoms with Crippen LogP contribution in [0.1, 0.15) is 34.8 Å². The predicted molar refractivity (Wildman–Crippen MR) is 73.9 cm³/mol. The molecule has 1 aromatic heterocycles. The minimum absolute atomic E-state index is 0.0427. The second kappa shape index (κ2) is 6.25.